The van der Waals surface area contributed by atoms with E-state index < -0.39 is 5.97 Å². The average molecular weight is 457 g/mol. The van der Waals surface area contributed by atoms with E-state index in [0.717, 1.165) is 11.1 Å². The van der Waals surface area contributed by atoms with Crippen LogP contribution in [0.15, 0.2) is 36.4 Å². The zero-order valence-electron chi connectivity index (χ0n) is 18.1. The standard InChI is InChI=1S/C23H24N2O6S/c1-4-30-21(27)13-31-16-6-8-18(20(10-16)29-2)19(26)12-25-11-15-9-14(22(24)32-3)5-7-17(15)23(25)28/h5-10,24H,4,11-13H2,1-3H3. The van der Waals surface area contributed by atoms with E-state index in [4.69, 9.17) is 19.6 Å². The second-order valence-corrected chi connectivity index (χ2v) is 7.76. The maximum atomic E-state index is 12.9. The molecule has 1 amide bonds. The summed E-state index contributed by atoms with van der Waals surface area (Å²) < 4.78 is 15.5. The summed E-state index contributed by atoms with van der Waals surface area (Å²) in [6.45, 7) is 1.92. The maximum absolute atomic E-state index is 12.9. The number of amides is 1. The lowest BCUT2D eigenvalue weighted by Gasteiger charge is -2.16. The third-order valence-corrected chi connectivity index (χ3v) is 5.56. The number of ketones is 1. The number of carbonyl (C=O) groups excluding carboxylic acids is 3. The predicted octanol–water partition coefficient (Wildman–Crippen LogP) is 3.16. The Labute approximate surface area is 190 Å². The van der Waals surface area contributed by atoms with Crippen LogP contribution < -0.4 is 9.47 Å². The van der Waals surface area contributed by atoms with Crippen molar-refractivity contribution in [2.24, 2.45) is 0 Å². The molecule has 1 aliphatic heterocycles. The van der Waals surface area contributed by atoms with Gasteiger partial charge in [0.05, 0.1) is 30.9 Å². The summed E-state index contributed by atoms with van der Waals surface area (Å²) in [6.07, 6.45) is 1.83. The molecule has 8 nitrogen and oxygen atoms in total. The number of hydrogen-bond donors (Lipinski definition) is 1. The molecule has 0 atom stereocenters. The van der Waals surface area contributed by atoms with E-state index in [9.17, 15) is 14.4 Å². The molecule has 1 N–H and O–H groups in total. The van der Waals surface area contributed by atoms with E-state index >= 15 is 0 Å². The number of ether oxygens (including phenoxy) is 3. The molecule has 1 aliphatic rings. The van der Waals surface area contributed by atoms with Crippen molar-refractivity contribution in [3.8, 4) is 11.5 Å². The van der Waals surface area contributed by atoms with Crippen LogP contribution in [0.1, 0.15) is 38.8 Å². The number of nitrogens with one attached hydrogen (secondary N) is 1. The second-order valence-electron chi connectivity index (χ2n) is 6.95. The number of benzene rings is 2. The summed E-state index contributed by atoms with van der Waals surface area (Å²) in [4.78, 5) is 38.6. The minimum absolute atomic E-state index is 0.109. The summed E-state index contributed by atoms with van der Waals surface area (Å²) in [5, 5.41) is 8.38. The van der Waals surface area contributed by atoms with Crippen LogP contribution in [-0.4, -0.2) is 60.7 Å². The fraction of sp³-hybridized carbons (Fsp3) is 0.304. The smallest absolute Gasteiger partial charge is 0.344 e. The molecule has 3 rings (SSSR count). The van der Waals surface area contributed by atoms with Crippen molar-refractivity contribution in [2.75, 3.05) is 33.1 Å². The minimum atomic E-state index is -0.491. The SMILES string of the molecule is CCOC(=O)COc1ccc(C(=O)CN2Cc3cc(C(=N)SC)ccc3C2=O)c(OC)c1. The Kier molecular flexibility index (Phi) is 7.53. The van der Waals surface area contributed by atoms with Crippen molar-refractivity contribution >= 4 is 34.5 Å². The fourth-order valence-corrected chi connectivity index (χ4v) is 3.73. The van der Waals surface area contributed by atoms with Crippen LogP contribution >= 0.6 is 11.8 Å². The van der Waals surface area contributed by atoms with Crippen LogP contribution in [0.5, 0.6) is 11.5 Å². The molecule has 0 unspecified atom stereocenters. The van der Waals surface area contributed by atoms with Gasteiger partial charge in [-0.1, -0.05) is 6.07 Å². The topological polar surface area (TPSA) is 106 Å². The van der Waals surface area contributed by atoms with Gasteiger partial charge in [-0.3, -0.25) is 15.0 Å². The fourth-order valence-electron chi connectivity index (χ4n) is 3.36. The number of Topliss-reactive ketones (excluding diaryl/α,β-unsaturated/α-hetero) is 1. The molecule has 2 aromatic carbocycles. The predicted molar refractivity (Wildman–Crippen MR) is 121 cm³/mol. The molecular formula is C23H24N2O6S. The third-order valence-electron chi connectivity index (χ3n) is 4.92. The van der Waals surface area contributed by atoms with Gasteiger partial charge in [0, 0.05) is 23.7 Å². The molecule has 0 fully saturated rings. The third kappa shape index (κ3) is 5.11. The monoisotopic (exact) mass is 456 g/mol. The number of hydrogen-bond acceptors (Lipinski definition) is 8. The number of carbonyl (C=O) groups is 3. The number of methoxy groups -OCH3 is 1. The number of rotatable bonds is 9. The largest absolute Gasteiger partial charge is 0.496 e. The molecule has 2 aromatic rings. The Bertz CT molecular complexity index is 1070. The summed E-state index contributed by atoms with van der Waals surface area (Å²) in [7, 11) is 1.43. The first-order valence-corrected chi connectivity index (χ1v) is 11.1. The molecule has 0 saturated carbocycles. The number of thioether (sulfide) groups is 1. The van der Waals surface area contributed by atoms with Crippen molar-refractivity contribution in [3.05, 3.63) is 58.7 Å². The van der Waals surface area contributed by atoms with Crippen molar-refractivity contribution in [1.29, 1.82) is 5.41 Å². The molecule has 0 saturated heterocycles. The van der Waals surface area contributed by atoms with Gasteiger partial charge in [0.15, 0.2) is 12.4 Å². The van der Waals surface area contributed by atoms with E-state index in [1.54, 1.807) is 31.2 Å². The molecule has 0 spiro atoms. The molecule has 9 heteroatoms. The van der Waals surface area contributed by atoms with Crippen LogP contribution in [0.4, 0.5) is 0 Å². The lowest BCUT2D eigenvalue weighted by Crippen LogP contribution is -2.30. The van der Waals surface area contributed by atoms with Gasteiger partial charge in [-0.15, -0.1) is 11.8 Å². The lowest BCUT2D eigenvalue weighted by atomic mass is 10.1. The van der Waals surface area contributed by atoms with Crippen molar-refractivity contribution < 1.29 is 28.6 Å². The van der Waals surface area contributed by atoms with Crippen LogP contribution in [0.25, 0.3) is 0 Å². The zero-order chi connectivity index (χ0) is 23.3. The molecule has 32 heavy (non-hydrogen) atoms. The van der Waals surface area contributed by atoms with Gasteiger partial charge in [-0.2, -0.15) is 0 Å². The van der Waals surface area contributed by atoms with Gasteiger partial charge in [-0.25, -0.2) is 4.79 Å². The van der Waals surface area contributed by atoms with Gasteiger partial charge in [-0.05, 0) is 43.0 Å². The average Bonchev–Trinajstić information content (AvgIpc) is 3.11. The van der Waals surface area contributed by atoms with E-state index in [2.05, 4.69) is 0 Å². The van der Waals surface area contributed by atoms with Crippen molar-refractivity contribution in [3.63, 3.8) is 0 Å². The van der Waals surface area contributed by atoms with Gasteiger partial charge in [0.25, 0.3) is 5.91 Å². The van der Waals surface area contributed by atoms with Crippen LogP contribution in [-0.2, 0) is 16.1 Å². The summed E-state index contributed by atoms with van der Waals surface area (Å²) in [5.74, 6) is -0.341. The van der Waals surface area contributed by atoms with E-state index in [1.165, 1.54) is 29.8 Å². The number of fused-ring (bicyclic) bond motifs is 1. The Morgan fingerprint density at radius 3 is 2.66 bits per heavy atom. The van der Waals surface area contributed by atoms with Crippen molar-refractivity contribution in [2.45, 2.75) is 13.5 Å². The minimum Gasteiger partial charge on any atom is -0.496 e. The first-order chi connectivity index (χ1) is 15.4. The molecule has 0 radical (unpaired) electrons. The van der Waals surface area contributed by atoms with Crippen molar-refractivity contribution in [1.82, 2.24) is 4.90 Å². The summed E-state index contributed by atoms with van der Waals surface area (Å²) in [6, 6.07) is 9.92. The second kappa shape index (κ2) is 10.3. The summed E-state index contributed by atoms with van der Waals surface area (Å²) in [5.41, 5.74) is 2.40. The Balaban J connectivity index is 1.70. The molecule has 0 aliphatic carbocycles. The van der Waals surface area contributed by atoms with Gasteiger partial charge in [0.2, 0.25) is 0 Å². The highest BCUT2D eigenvalue weighted by Gasteiger charge is 2.30. The Hall–Kier alpha value is -3.33. The summed E-state index contributed by atoms with van der Waals surface area (Å²) >= 11 is 1.33. The maximum Gasteiger partial charge on any atom is 0.344 e. The molecule has 1 heterocycles. The van der Waals surface area contributed by atoms with Gasteiger partial charge >= 0.3 is 5.97 Å². The van der Waals surface area contributed by atoms with E-state index in [0.29, 0.717) is 28.5 Å². The molecular weight excluding hydrogens is 432 g/mol. The highest BCUT2D eigenvalue weighted by atomic mass is 32.2. The molecule has 168 valence electrons. The molecule has 0 bridgehead atoms. The first-order valence-electron chi connectivity index (χ1n) is 9.92. The van der Waals surface area contributed by atoms with Crippen LogP contribution in [0.2, 0.25) is 0 Å². The van der Waals surface area contributed by atoms with E-state index in [-0.39, 0.29) is 37.2 Å². The number of esters is 1. The van der Waals surface area contributed by atoms with Crippen LogP contribution in [0, 0.1) is 5.41 Å². The van der Waals surface area contributed by atoms with Crippen LogP contribution in [0.3, 0.4) is 0 Å². The Morgan fingerprint density at radius 2 is 1.97 bits per heavy atom. The van der Waals surface area contributed by atoms with Gasteiger partial charge < -0.3 is 19.1 Å². The zero-order valence-corrected chi connectivity index (χ0v) is 18.9. The quantitative estimate of drug-likeness (QED) is 0.267. The van der Waals surface area contributed by atoms with Gasteiger partial charge in [0.1, 0.15) is 11.5 Å². The highest BCUT2D eigenvalue weighted by Crippen LogP contribution is 2.28. The first kappa shape index (κ1) is 23.3. The number of nitrogens with zero attached hydrogens (tertiary/aromatic N) is 1. The normalized spacial score (nSPS) is 12.3. The van der Waals surface area contributed by atoms with E-state index in [1.807, 2.05) is 12.3 Å². The lowest BCUT2D eigenvalue weighted by molar-refractivity contribution is -0.145. The highest BCUT2D eigenvalue weighted by molar-refractivity contribution is 8.13. The molecule has 0 aromatic heterocycles. The Morgan fingerprint density at radius 1 is 1.19 bits per heavy atom.